The maximum atomic E-state index is 12.3. The normalized spacial score (nSPS) is 24.3. The zero-order valence-corrected chi connectivity index (χ0v) is 12.0. The highest BCUT2D eigenvalue weighted by molar-refractivity contribution is 5.79. The molecule has 0 radical (unpaired) electrons. The number of hydrogen-bond donors (Lipinski definition) is 1. The van der Waals surface area contributed by atoms with Gasteiger partial charge in [-0.3, -0.25) is 9.69 Å². The molecule has 108 valence electrons. The minimum atomic E-state index is 0.206. The third-order valence-electron chi connectivity index (χ3n) is 4.32. The Balaban J connectivity index is 1.81. The van der Waals surface area contributed by atoms with Gasteiger partial charge in [-0.2, -0.15) is 0 Å². The standard InChI is InChI=1S/C15H26N2O2/c1-16(14-6-2-3-7-14)15(19)12-17-9-4-5-13(11-17)8-10-18/h6,13,18H,2-5,7-12H2,1H3. The Morgan fingerprint density at radius 2 is 2.37 bits per heavy atom. The molecule has 1 N–H and O–H groups in total. The molecule has 1 saturated heterocycles. The molecule has 1 fully saturated rings. The van der Waals surface area contributed by atoms with Gasteiger partial charge in [0, 0.05) is 25.9 Å². The van der Waals surface area contributed by atoms with Gasteiger partial charge in [-0.05, 0) is 51.0 Å². The summed E-state index contributed by atoms with van der Waals surface area (Å²) in [5, 5.41) is 9.02. The second kappa shape index (κ2) is 7.06. The number of carbonyl (C=O) groups is 1. The van der Waals surface area contributed by atoms with Crippen LogP contribution in [0.3, 0.4) is 0 Å². The lowest BCUT2D eigenvalue weighted by Gasteiger charge is -2.33. The molecular weight excluding hydrogens is 240 g/mol. The van der Waals surface area contributed by atoms with Gasteiger partial charge in [0.05, 0.1) is 6.54 Å². The monoisotopic (exact) mass is 266 g/mol. The number of likely N-dealkylation sites (tertiary alicyclic amines) is 1. The summed E-state index contributed by atoms with van der Waals surface area (Å²) in [6.07, 6.45) is 8.70. The predicted molar refractivity (Wildman–Crippen MR) is 75.6 cm³/mol. The summed E-state index contributed by atoms with van der Waals surface area (Å²) >= 11 is 0. The Bertz CT molecular complexity index is 339. The first-order chi connectivity index (χ1) is 9.20. The maximum absolute atomic E-state index is 12.3. The number of likely N-dealkylation sites (N-methyl/N-ethyl adjacent to an activating group) is 1. The third-order valence-corrected chi connectivity index (χ3v) is 4.32. The Hall–Kier alpha value is -0.870. The molecule has 1 heterocycles. The number of piperidine rings is 1. The average molecular weight is 266 g/mol. The Morgan fingerprint density at radius 1 is 1.53 bits per heavy atom. The van der Waals surface area contributed by atoms with Crippen molar-refractivity contribution in [1.82, 2.24) is 9.80 Å². The van der Waals surface area contributed by atoms with Gasteiger partial charge in [0.15, 0.2) is 0 Å². The quantitative estimate of drug-likeness (QED) is 0.822. The van der Waals surface area contributed by atoms with Crippen molar-refractivity contribution < 1.29 is 9.90 Å². The zero-order chi connectivity index (χ0) is 13.7. The molecule has 0 aromatic rings. The van der Waals surface area contributed by atoms with Crippen molar-refractivity contribution >= 4 is 5.91 Å². The van der Waals surface area contributed by atoms with Crippen molar-refractivity contribution in [2.24, 2.45) is 5.92 Å². The molecule has 2 aliphatic rings. The topological polar surface area (TPSA) is 43.8 Å². The second-order valence-corrected chi connectivity index (χ2v) is 5.80. The van der Waals surface area contributed by atoms with Gasteiger partial charge in [0.25, 0.3) is 0 Å². The van der Waals surface area contributed by atoms with E-state index in [1.165, 1.54) is 18.5 Å². The number of amides is 1. The summed E-state index contributed by atoms with van der Waals surface area (Å²) in [6.45, 7) is 2.76. The van der Waals surface area contributed by atoms with E-state index in [2.05, 4.69) is 11.0 Å². The summed E-state index contributed by atoms with van der Waals surface area (Å²) < 4.78 is 0. The van der Waals surface area contributed by atoms with Crippen LogP contribution >= 0.6 is 0 Å². The first kappa shape index (κ1) is 14.5. The molecule has 1 aliphatic heterocycles. The number of aliphatic hydroxyl groups excluding tert-OH is 1. The van der Waals surface area contributed by atoms with E-state index in [1.54, 1.807) is 0 Å². The molecule has 1 atom stereocenters. The lowest BCUT2D eigenvalue weighted by molar-refractivity contribution is -0.129. The van der Waals surface area contributed by atoms with Gasteiger partial charge in [0.2, 0.25) is 5.91 Å². The highest BCUT2D eigenvalue weighted by atomic mass is 16.3. The van der Waals surface area contributed by atoms with Crippen LogP contribution in [0.25, 0.3) is 0 Å². The predicted octanol–water partition coefficient (Wildman–Crippen LogP) is 1.61. The van der Waals surface area contributed by atoms with Crippen LogP contribution in [-0.2, 0) is 4.79 Å². The van der Waals surface area contributed by atoms with Crippen LogP contribution in [-0.4, -0.2) is 54.1 Å². The molecule has 2 rings (SSSR count). The summed E-state index contributed by atoms with van der Waals surface area (Å²) in [6, 6.07) is 0. The van der Waals surface area contributed by atoms with Crippen LogP contribution in [0.15, 0.2) is 11.8 Å². The SMILES string of the molecule is CN(C(=O)CN1CCCC(CCO)C1)C1=CCCC1. The Morgan fingerprint density at radius 3 is 3.05 bits per heavy atom. The van der Waals surface area contributed by atoms with Crippen LogP contribution in [0.2, 0.25) is 0 Å². The minimum Gasteiger partial charge on any atom is -0.396 e. The van der Waals surface area contributed by atoms with E-state index in [4.69, 9.17) is 5.11 Å². The molecule has 0 spiro atoms. The fourth-order valence-electron chi connectivity index (χ4n) is 3.13. The molecule has 4 heteroatoms. The summed E-state index contributed by atoms with van der Waals surface area (Å²) in [4.78, 5) is 16.3. The van der Waals surface area contributed by atoms with Crippen LogP contribution < -0.4 is 0 Å². The number of allylic oxidation sites excluding steroid dienone is 2. The summed E-state index contributed by atoms with van der Waals surface area (Å²) in [7, 11) is 1.90. The van der Waals surface area contributed by atoms with Crippen molar-refractivity contribution in [2.75, 3.05) is 33.3 Å². The molecule has 0 saturated carbocycles. The van der Waals surface area contributed by atoms with Crippen molar-refractivity contribution in [3.8, 4) is 0 Å². The molecule has 19 heavy (non-hydrogen) atoms. The highest BCUT2D eigenvalue weighted by Gasteiger charge is 2.23. The zero-order valence-electron chi connectivity index (χ0n) is 12.0. The van der Waals surface area contributed by atoms with E-state index >= 15 is 0 Å². The Kier molecular flexibility index (Phi) is 5.40. The number of hydrogen-bond acceptors (Lipinski definition) is 3. The minimum absolute atomic E-state index is 0.206. The van der Waals surface area contributed by atoms with Gasteiger partial charge in [-0.1, -0.05) is 6.08 Å². The number of rotatable bonds is 5. The molecule has 1 unspecified atom stereocenters. The molecule has 4 nitrogen and oxygen atoms in total. The van der Waals surface area contributed by atoms with E-state index in [0.717, 1.165) is 38.8 Å². The van der Waals surface area contributed by atoms with E-state index in [0.29, 0.717) is 12.5 Å². The lowest BCUT2D eigenvalue weighted by Crippen LogP contribution is -2.43. The number of aliphatic hydroxyl groups is 1. The van der Waals surface area contributed by atoms with Gasteiger partial charge in [-0.25, -0.2) is 0 Å². The fourth-order valence-corrected chi connectivity index (χ4v) is 3.13. The maximum Gasteiger partial charge on any atom is 0.240 e. The van der Waals surface area contributed by atoms with Crippen LogP contribution in [0.4, 0.5) is 0 Å². The first-order valence-electron chi connectivity index (χ1n) is 7.49. The smallest absolute Gasteiger partial charge is 0.240 e. The Labute approximate surface area is 116 Å². The number of nitrogens with zero attached hydrogens (tertiary/aromatic N) is 2. The first-order valence-corrected chi connectivity index (χ1v) is 7.49. The molecule has 1 aliphatic carbocycles. The van der Waals surface area contributed by atoms with E-state index < -0.39 is 0 Å². The fraction of sp³-hybridized carbons (Fsp3) is 0.800. The average Bonchev–Trinajstić information content (AvgIpc) is 2.92. The molecule has 0 aromatic heterocycles. The molecule has 0 aromatic carbocycles. The van der Waals surface area contributed by atoms with Crippen LogP contribution in [0, 0.1) is 5.92 Å². The molecule has 1 amide bonds. The van der Waals surface area contributed by atoms with Crippen molar-refractivity contribution in [1.29, 1.82) is 0 Å². The van der Waals surface area contributed by atoms with Crippen molar-refractivity contribution in [3.05, 3.63) is 11.8 Å². The van der Waals surface area contributed by atoms with Crippen molar-refractivity contribution in [2.45, 2.75) is 38.5 Å². The van der Waals surface area contributed by atoms with Gasteiger partial charge < -0.3 is 10.0 Å². The molecule has 0 bridgehead atoms. The second-order valence-electron chi connectivity index (χ2n) is 5.80. The van der Waals surface area contributed by atoms with E-state index in [-0.39, 0.29) is 12.5 Å². The van der Waals surface area contributed by atoms with Gasteiger partial charge in [0.1, 0.15) is 0 Å². The summed E-state index contributed by atoms with van der Waals surface area (Å²) in [5.41, 5.74) is 1.19. The molecular formula is C15H26N2O2. The highest BCUT2D eigenvalue weighted by Crippen LogP contribution is 2.22. The van der Waals surface area contributed by atoms with Crippen LogP contribution in [0.1, 0.15) is 38.5 Å². The van der Waals surface area contributed by atoms with Gasteiger partial charge >= 0.3 is 0 Å². The van der Waals surface area contributed by atoms with E-state index in [9.17, 15) is 4.79 Å². The van der Waals surface area contributed by atoms with Crippen molar-refractivity contribution in [3.63, 3.8) is 0 Å². The number of carbonyl (C=O) groups excluding carboxylic acids is 1. The third kappa shape index (κ3) is 4.05. The van der Waals surface area contributed by atoms with E-state index in [1.807, 2.05) is 11.9 Å². The van der Waals surface area contributed by atoms with Gasteiger partial charge in [-0.15, -0.1) is 0 Å². The lowest BCUT2D eigenvalue weighted by atomic mass is 9.95. The largest absolute Gasteiger partial charge is 0.396 e. The van der Waals surface area contributed by atoms with Crippen LogP contribution in [0.5, 0.6) is 0 Å². The summed E-state index contributed by atoms with van der Waals surface area (Å²) in [5.74, 6) is 0.764.